The van der Waals surface area contributed by atoms with Crippen LogP contribution in [0.25, 0.3) is 0 Å². The maximum absolute atomic E-state index is 12.2. The number of thiazole rings is 1. The van der Waals surface area contributed by atoms with Crippen molar-refractivity contribution in [2.45, 2.75) is 25.8 Å². The Kier molecular flexibility index (Phi) is 5.55. The lowest BCUT2D eigenvalue weighted by Crippen LogP contribution is -2.40. The lowest BCUT2D eigenvalue weighted by Gasteiger charge is -2.21. The summed E-state index contributed by atoms with van der Waals surface area (Å²) in [5.74, 6) is 0. The molecule has 0 aliphatic carbocycles. The van der Waals surface area contributed by atoms with Crippen molar-refractivity contribution >= 4 is 28.7 Å². The van der Waals surface area contributed by atoms with Crippen LogP contribution in [0.2, 0.25) is 0 Å². The number of nitrogens with zero attached hydrogens (tertiary/aromatic N) is 2. The number of urea groups is 1. The van der Waals surface area contributed by atoms with Crippen molar-refractivity contribution in [3.63, 3.8) is 0 Å². The van der Waals surface area contributed by atoms with E-state index < -0.39 is 0 Å². The Balaban J connectivity index is 1.83. The average Bonchev–Trinajstić information content (AvgIpc) is 3.14. The van der Waals surface area contributed by atoms with Gasteiger partial charge in [-0.3, -0.25) is 0 Å². The second-order valence-corrected chi connectivity index (χ2v) is 6.49. The van der Waals surface area contributed by atoms with Crippen molar-refractivity contribution in [2.24, 2.45) is 0 Å². The highest BCUT2D eigenvalue weighted by molar-refractivity contribution is 7.10. The summed E-state index contributed by atoms with van der Waals surface area (Å²) >= 11 is 3.30. The van der Waals surface area contributed by atoms with Gasteiger partial charge in [0.05, 0.1) is 6.04 Å². The van der Waals surface area contributed by atoms with E-state index in [0.29, 0.717) is 0 Å². The number of hydrogen-bond donors (Lipinski definition) is 1. The van der Waals surface area contributed by atoms with E-state index in [1.165, 1.54) is 4.88 Å². The fourth-order valence-electron chi connectivity index (χ4n) is 1.84. The highest BCUT2D eigenvalue weighted by Crippen LogP contribution is 2.19. The molecule has 0 saturated carbocycles. The molecule has 1 atom stereocenters. The van der Waals surface area contributed by atoms with Crippen LogP contribution < -0.4 is 5.32 Å². The number of aromatic nitrogens is 1. The van der Waals surface area contributed by atoms with Crippen LogP contribution in [0.1, 0.15) is 29.3 Å². The van der Waals surface area contributed by atoms with Gasteiger partial charge >= 0.3 is 6.03 Å². The van der Waals surface area contributed by atoms with Crippen molar-refractivity contribution in [3.05, 3.63) is 39.0 Å². The molecule has 1 N–H and O–H groups in total. The van der Waals surface area contributed by atoms with E-state index >= 15 is 0 Å². The first-order chi connectivity index (χ1) is 9.70. The van der Waals surface area contributed by atoms with E-state index in [-0.39, 0.29) is 12.1 Å². The zero-order valence-corrected chi connectivity index (χ0v) is 13.3. The van der Waals surface area contributed by atoms with Crippen LogP contribution >= 0.6 is 22.7 Å². The summed E-state index contributed by atoms with van der Waals surface area (Å²) in [4.78, 5) is 19.5. The number of carbonyl (C=O) groups is 1. The third-order valence-corrected chi connectivity index (χ3v) is 4.90. The lowest BCUT2D eigenvalue weighted by atomic mass is 10.2. The molecule has 1 unspecified atom stereocenters. The van der Waals surface area contributed by atoms with E-state index in [0.717, 1.165) is 24.4 Å². The maximum atomic E-state index is 12.2. The van der Waals surface area contributed by atoms with Crippen LogP contribution in [-0.4, -0.2) is 29.5 Å². The third-order valence-electron chi connectivity index (χ3n) is 3.08. The first-order valence-corrected chi connectivity index (χ1v) is 8.40. The van der Waals surface area contributed by atoms with Crippen molar-refractivity contribution < 1.29 is 4.79 Å². The molecule has 2 aromatic rings. The van der Waals surface area contributed by atoms with E-state index in [2.05, 4.69) is 28.7 Å². The van der Waals surface area contributed by atoms with Crippen molar-refractivity contribution in [1.29, 1.82) is 0 Å². The number of amides is 2. The number of rotatable bonds is 6. The molecule has 0 spiro atoms. The van der Waals surface area contributed by atoms with Gasteiger partial charge in [0.25, 0.3) is 0 Å². The average molecular weight is 309 g/mol. The monoisotopic (exact) mass is 309 g/mol. The summed E-state index contributed by atoms with van der Waals surface area (Å²) in [7, 11) is 1.83. The van der Waals surface area contributed by atoms with Gasteiger partial charge in [-0.1, -0.05) is 13.0 Å². The molecule has 2 aromatic heterocycles. The van der Waals surface area contributed by atoms with E-state index in [1.54, 1.807) is 33.8 Å². The predicted molar refractivity (Wildman–Crippen MR) is 84.3 cm³/mol. The Morgan fingerprint density at radius 2 is 2.30 bits per heavy atom. The summed E-state index contributed by atoms with van der Waals surface area (Å²) in [5.41, 5.74) is 0. The summed E-state index contributed by atoms with van der Waals surface area (Å²) in [6.45, 7) is 2.78. The van der Waals surface area contributed by atoms with Gasteiger partial charge in [-0.2, -0.15) is 0 Å². The topological polar surface area (TPSA) is 45.2 Å². The summed E-state index contributed by atoms with van der Waals surface area (Å²) in [5, 5.41) is 8.00. The summed E-state index contributed by atoms with van der Waals surface area (Å²) in [6, 6.07) is 4.10. The molecule has 0 aromatic carbocycles. The Bertz CT molecular complexity index is 511. The Morgan fingerprint density at radius 3 is 2.90 bits per heavy atom. The first kappa shape index (κ1) is 15.0. The van der Waals surface area contributed by atoms with Crippen LogP contribution in [0.3, 0.4) is 0 Å². The van der Waals surface area contributed by atoms with Crippen molar-refractivity contribution in [3.8, 4) is 0 Å². The van der Waals surface area contributed by atoms with Crippen LogP contribution in [0.15, 0.2) is 29.1 Å². The molecule has 0 bridgehead atoms. The quantitative estimate of drug-likeness (QED) is 0.887. The van der Waals surface area contributed by atoms with E-state index in [4.69, 9.17) is 0 Å². The summed E-state index contributed by atoms with van der Waals surface area (Å²) < 4.78 is 0. The molecule has 0 aliphatic rings. The van der Waals surface area contributed by atoms with E-state index in [1.807, 2.05) is 18.5 Å². The molecule has 0 saturated heterocycles. The molecule has 20 heavy (non-hydrogen) atoms. The number of hydrogen-bond acceptors (Lipinski definition) is 4. The second kappa shape index (κ2) is 7.40. The van der Waals surface area contributed by atoms with Crippen LogP contribution in [-0.2, 0) is 6.42 Å². The fourth-order valence-corrected chi connectivity index (χ4v) is 3.31. The van der Waals surface area contributed by atoms with Gasteiger partial charge in [-0.25, -0.2) is 9.78 Å². The highest BCUT2D eigenvalue weighted by atomic mass is 32.1. The standard InChI is InChI=1S/C14H19N3OS2/c1-3-12(13-15-7-10-20-13)16-14(18)17(2)8-6-11-5-4-9-19-11/h4-5,7,9-10,12H,3,6,8H2,1-2H3,(H,16,18). The smallest absolute Gasteiger partial charge is 0.317 e. The number of carbonyl (C=O) groups excluding carboxylic acids is 1. The van der Waals surface area contributed by atoms with Crippen molar-refractivity contribution in [1.82, 2.24) is 15.2 Å². The zero-order valence-electron chi connectivity index (χ0n) is 11.7. The minimum atomic E-state index is -0.0383. The summed E-state index contributed by atoms with van der Waals surface area (Å²) in [6.07, 6.45) is 3.52. The Hall–Kier alpha value is -1.40. The Morgan fingerprint density at radius 1 is 1.45 bits per heavy atom. The largest absolute Gasteiger partial charge is 0.329 e. The van der Waals surface area contributed by atoms with Gasteiger partial charge in [0, 0.05) is 30.0 Å². The maximum Gasteiger partial charge on any atom is 0.317 e. The molecule has 2 amide bonds. The lowest BCUT2D eigenvalue weighted by molar-refractivity contribution is 0.205. The van der Waals surface area contributed by atoms with Crippen LogP contribution in [0.4, 0.5) is 4.79 Å². The molecular weight excluding hydrogens is 290 g/mol. The van der Waals surface area contributed by atoms with E-state index in [9.17, 15) is 4.79 Å². The molecule has 2 heterocycles. The van der Waals surface area contributed by atoms with Gasteiger partial charge in [0.15, 0.2) is 0 Å². The zero-order chi connectivity index (χ0) is 14.4. The molecule has 6 heteroatoms. The van der Waals surface area contributed by atoms with Crippen LogP contribution in [0, 0.1) is 0 Å². The van der Waals surface area contributed by atoms with Gasteiger partial charge in [-0.05, 0) is 24.3 Å². The predicted octanol–water partition coefficient (Wildman–Crippen LogP) is 3.54. The molecular formula is C14H19N3OS2. The van der Waals surface area contributed by atoms with Gasteiger partial charge in [-0.15, -0.1) is 22.7 Å². The molecule has 0 radical (unpaired) electrons. The minimum absolute atomic E-state index is 0.00619. The van der Waals surface area contributed by atoms with Crippen molar-refractivity contribution in [2.75, 3.05) is 13.6 Å². The molecule has 108 valence electrons. The molecule has 0 fully saturated rings. The SMILES string of the molecule is CCC(NC(=O)N(C)CCc1cccs1)c1nccs1. The number of nitrogens with one attached hydrogen (secondary N) is 1. The highest BCUT2D eigenvalue weighted by Gasteiger charge is 2.17. The number of thiophene rings is 1. The molecule has 0 aliphatic heterocycles. The minimum Gasteiger partial charge on any atom is -0.329 e. The van der Waals surface area contributed by atoms with Gasteiger partial charge in [0.2, 0.25) is 0 Å². The second-order valence-electron chi connectivity index (χ2n) is 4.53. The third kappa shape index (κ3) is 4.05. The Labute approximate surface area is 127 Å². The number of likely N-dealkylation sites (N-methyl/N-ethyl adjacent to an activating group) is 1. The van der Waals surface area contributed by atoms with Crippen LogP contribution in [0.5, 0.6) is 0 Å². The molecule has 2 rings (SSSR count). The normalized spacial score (nSPS) is 12.1. The first-order valence-electron chi connectivity index (χ1n) is 6.64. The molecule has 4 nitrogen and oxygen atoms in total. The van der Waals surface area contributed by atoms with Gasteiger partial charge in [0.1, 0.15) is 5.01 Å². The fraction of sp³-hybridized carbons (Fsp3) is 0.429. The van der Waals surface area contributed by atoms with Gasteiger partial charge < -0.3 is 10.2 Å².